The zero-order chi connectivity index (χ0) is 33.3. The summed E-state index contributed by atoms with van der Waals surface area (Å²) in [7, 11) is 0. The van der Waals surface area contributed by atoms with Crippen molar-refractivity contribution >= 4 is 34.7 Å². The molecule has 2 aliphatic rings. The number of hydrogen-bond acceptors (Lipinski definition) is 11. The lowest BCUT2D eigenvalue weighted by Gasteiger charge is -2.24. The summed E-state index contributed by atoms with van der Waals surface area (Å²) < 4.78 is 20.6. The second kappa shape index (κ2) is 13.2. The molecule has 13 heteroatoms. The lowest BCUT2D eigenvalue weighted by Crippen LogP contribution is -2.42. The minimum atomic E-state index is -0.901. The van der Waals surface area contributed by atoms with Gasteiger partial charge in [0.2, 0.25) is 5.95 Å². The number of carbonyl (C=O) groups is 1. The van der Waals surface area contributed by atoms with Crippen LogP contribution in [0.15, 0.2) is 85.2 Å². The molecular weight excluding hydrogens is 610 g/mol. The normalized spacial score (nSPS) is 21.3. The second-order valence-electron chi connectivity index (χ2n) is 12.3. The third-order valence-electron chi connectivity index (χ3n) is 8.47. The van der Waals surface area contributed by atoms with Gasteiger partial charge in [0.25, 0.3) is 5.91 Å². The standard InChI is InChI=1S/C35H39N9O4/c1-4-37-32(45)28-27-29(48-35(2,3)47-27)33(46-28)44-20-40-26-30(42-34(43-31(26)44)39-18-23-16-11-17-25(36)41-23)38-19-24(21-12-7-5-8-13-21)22-14-9-6-10-15-22/h5-17,20,24,27-29,33H,4,18-19H2,1-3H3,(H2,36,41)(H,37,45)(H2,38,39,42,43)/t27-,28+,29-,33-/m1/s1. The molecule has 7 rings (SSSR count). The second-order valence-corrected chi connectivity index (χ2v) is 12.3. The monoisotopic (exact) mass is 649 g/mol. The van der Waals surface area contributed by atoms with Crippen LogP contribution in [0.3, 0.4) is 0 Å². The molecule has 5 N–H and O–H groups in total. The van der Waals surface area contributed by atoms with E-state index in [0.717, 1.165) is 5.69 Å². The van der Waals surface area contributed by atoms with Gasteiger partial charge >= 0.3 is 0 Å². The number of pyridine rings is 1. The lowest BCUT2D eigenvalue weighted by molar-refractivity contribution is -0.197. The Balaban J connectivity index is 1.26. The van der Waals surface area contributed by atoms with Gasteiger partial charge in [0.15, 0.2) is 35.1 Å². The fourth-order valence-electron chi connectivity index (χ4n) is 6.36. The molecule has 0 unspecified atom stereocenters. The van der Waals surface area contributed by atoms with Crippen LogP contribution in [0.5, 0.6) is 0 Å². The van der Waals surface area contributed by atoms with Crippen LogP contribution in [0.1, 0.15) is 49.7 Å². The average molecular weight is 650 g/mol. The molecule has 0 bridgehead atoms. The maximum absolute atomic E-state index is 13.1. The van der Waals surface area contributed by atoms with Crippen molar-refractivity contribution in [2.45, 2.75) is 63.6 Å². The van der Waals surface area contributed by atoms with Crippen LogP contribution in [-0.2, 0) is 25.5 Å². The Kier molecular flexibility index (Phi) is 8.65. The molecule has 0 spiro atoms. The maximum atomic E-state index is 13.1. The molecule has 2 fully saturated rings. The number of nitrogen functional groups attached to an aromatic ring is 1. The average Bonchev–Trinajstić information content (AvgIpc) is 3.75. The molecule has 4 atom stereocenters. The number of fused-ring (bicyclic) bond motifs is 2. The largest absolute Gasteiger partial charge is 0.384 e. The van der Waals surface area contributed by atoms with Crippen molar-refractivity contribution in [2.75, 3.05) is 29.5 Å². The molecule has 2 aromatic carbocycles. The van der Waals surface area contributed by atoms with Crippen LogP contribution in [0, 0.1) is 0 Å². The maximum Gasteiger partial charge on any atom is 0.252 e. The van der Waals surface area contributed by atoms with Crippen molar-refractivity contribution in [1.82, 2.24) is 29.8 Å². The third kappa shape index (κ3) is 6.39. The number of nitrogens with two attached hydrogens (primary N) is 1. The summed E-state index contributed by atoms with van der Waals surface area (Å²) >= 11 is 0. The predicted molar refractivity (Wildman–Crippen MR) is 181 cm³/mol. The highest BCUT2D eigenvalue weighted by Gasteiger charge is 2.58. The third-order valence-corrected chi connectivity index (χ3v) is 8.47. The Bertz CT molecular complexity index is 1850. The summed E-state index contributed by atoms with van der Waals surface area (Å²) in [6.45, 7) is 6.87. The summed E-state index contributed by atoms with van der Waals surface area (Å²) in [5.41, 5.74) is 10.0. The fraction of sp³-hybridized carbons (Fsp3) is 0.343. The SMILES string of the molecule is CCNC(=O)[C@H]1O[C@@H](n2cnc3c(NCC(c4ccccc4)c4ccccc4)nc(NCc4cccc(N)n4)nc32)[C@@H]2OC(C)(C)O[C@@H]21. The molecule has 0 radical (unpaired) electrons. The van der Waals surface area contributed by atoms with E-state index in [2.05, 4.69) is 45.2 Å². The van der Waals surface area contributed by atoms with E-state index >= 15 is 0 Å². The highest BCUT2D eigenvalue weighted by Crippen LogP contribution is 2.44. The van der Waals surface area contributed by atoms with E-state index in [1.54, 1.807) is 17.0 Å². The molecule has 0 saturated carbocycles. The van der Waals surface area contributed by atoms with E-state index in [9.17, 15) is 4.79 Å². The van der Waals surface area contributed by atoms with Crippen molar-refractivity contribution in [2.24, 2.45) is 0 Å². The first-order chi connectivity index (χ1) is 23.3. The number of ether oxygens (including phenoxy) is 3. The minimum absolute atomic E-state index is 0.0374. The highest BCUT2D eigenvalue weighted by atomic mass is 16.8. The van der Waals surface area contributed by atoms with Crippen molar-refractivity contribution in [3.05, 3.63) is 102 Å². The number of nitrogens with zero attached hydrogens (tertiary/aromatic N) is 5. The number of rotatable bonds is 11. The summed E-state index contributed by atoms with van der Waals surface area (Å²) in [5, 5.41) is 9.73. The van der Waals surface area contributed by atoms with Gasteiger partial charge in [0.05, 0.1) is 18.6 Å². The van der Waals surface area contributed by atoms with E-state index in [1.165, 1.54) is 11.1 Å². The summed E-state index contributed by atoms with van der Waals surface area (Å²) in [6, 6.07) is 26.2. The number of likely N-dealkylation sites (N-methyl/N-ethyl adjacent to an activating group) is 1. The zero-order valence-corrected chi connectivity index (χ0v) is 27.0. The Morgan fingerprint density at radius 1 is 0.917 bits per heavy atom. The smallest absolute Gasteiger partial charge is 0.252 e. The molecule has 5 aromatic rings. The number of imidazole rings is 1. The van der Waals surface area contributed by atoms with Crippen molar-refractivity contribution < 1.29 is 19.0 Å². The van der Waals surface area contributed by atoms with Gasteiger partial charge in [-0.05, 0) is 44.0 Å². The molecule has 5 heterocycles. The van der Waals surface area contributed by atoms with Crippen LogP contribution < -0.4 is 21.7 Å². The van der Waals surface area contributed by atoms with E-state index in [-0.39, 0.29) is 11.8 Å². The lowest BCUT2D eigenvalue weighted by atomic mass is 9.91. The van der Waals surface area contributed by atoms with Gasteiger partial charge in [0.1, 0.15) is 18.0 Å². The van der Waals surface area contributed by atoms with Crippen LogP contribution in [0.25, 0.3) is 11.2 Å². The molecule has 48 heavy (non-hydrogen) atoms. The molecular formula is C35H39N9O4. The summed E-state index contributed by atoms with van der Waals surface area (Å²) in [6.07, 6.45) is -1.15. The first kappa shape index (κ1) is 31.5. The van der Waals surface area contributed by atoms with Gasteiger partial charge in [-0.2, -0.15) is 9.97 Å². The number of amides is 1. The number of anilines is 3. The van der Waals surface area contributed by atoms with E-state index in [4.69, 9.17) is 34.9 Å². The van der Waals surface area contributed by atoms with Crippen LogP contribution in [0.2, 0.25) is 0 Å². The van der Waals surface area contributed by atoms with Crippen LogP contribution >= 0.6 is 0 Å². The zero-order valence-electron chi connectivity index (χ0n) is 27.0. The Morgan fingerprint density at radius 3 is 2.31 bits per heavy atom. The Hall–Kier alpha value is -5.11. The van der Waals surface area contributed by atoms with E-state index in [1.807, 2.05) is 69.3 Å². The molecule has 248 valence electrons. The molecule has 2 saturated heterocycles. The van der Waals surface area contributed by atoms with Crippen LogP contribution in [-0.4, -0.2) is 67.6 Å². The summed E-state index contributed by atoms with van der Waals surface area (Å²) in [5.74, 6) is 0.192. The number of nitrogens with one attached hydrogen (secondary N) is 3. The fourth-order valence-corrected chi connectivity index (χ4v) is 6.36. The number of aromatic nitrogens is 5. The van der Waals surface area contributed by atoms with Gasteiger partial charge in [-0.15, -0.1) is 0 Å². The predicted octanol–water partition coefficient (Wildman–Crippen LogP) is 4.21. The van der Waals surface area contributed by atoms with Crippen molar-refractivity contribution in [1.29, 1.82) is 0 Å². The van der Waals surface area contributed by atoms with E-state index in [0.29, 0.717) is 48.4 Å². The van der Waals surface area contributed by atoms with Gasteiger partial charge in [0, 0.05) is 19.0 Å². The number of hydrogen-bond donors (Lipinski definition) is 4. The number of carbonyl (C=O) groups excluding carboxylic acids is 1. The highest BCUT2D eigenvalue weighted by molar-refractivity contribution is 5.85. The molecule has 3 aromatic heterocycles. The van der Waals surface area contributed by atoms with Gasteiger partial charge in [-0.3, -0.25) is 9.36 Å². The van der Waals surface area contributed by atoms with Gasteiger partial charge in [-0.1, -0.05) is 66.7 Å². The van der Waals surface area contributed by atoms with Crippen LogP contribution in [0.4, 0.5) is 17.6 Å². The molecule has 2 aliphatic heterocycles. The van der Waals surface area contributed by atoms with E-state index < -0.39 is 30.3 Å². The van der Waals surface area contributed by atoms with Gasteiger partial charge < -0.3 is 35.9 Å². The van der Waals surface area contributed by atoms with Crippen molar-refractivity contribution in [3.63, 3.8) is 0 Å². The van der Waals surface area contributed by atoms with Gasteiger partial charge in [-0.25, -0.2) is 9.97 Å². The van der Waals surface area contributed by atoms with Crippen molar-refractivity contribution in [3.8, 4) is 0 Å². The first-order valence-corrected chi connectivity index (χ1v) is 16.1. The number of benzene rings is 2. The quantitative estimate of drug-likeness (QED) is 0.162. The topological polar surface area (TPSA) is 163 Å². The summed E-state index contributed by atoms with van der Waals surface area (Å²) in [4.78, 5) is 32.0. The Labute approximate surface area is 278 Å². The molecule has 13 nitrogen and oxygen atoms in total. The minimum Gasteiger partial charge on any atom is -0.384 e. The molecule has 0 aliphatic carbocycles. The Morgan fingerprint density at radius 2 is 1.62 bits per heavy atom. The first-order valence-electron chi connectivity index (χ1n) is 16.1. The molecule has 1 amide bonds.